The highest BCUT2D eigenvalue weighted by Gasteiger charge is 2.43. The van der Waals surface area contributed by atoms with Crippen molar-refractivity contribution in [1.29, 1.82) is 0 Å². The molecule has 32 heavy (non-hydrogen) atoms. The molecule has 0 bridgehead atoms. The van der Waals surface area contributed by atoms with Crippen molar-refractivity contribution in [3.05, 3.63) is 59.7 Å². The van der Waals surface area contributed by atoms with Crippen LogP contribution in [0.1, 0.15) is 38.3 Å². The van der Waals surface area contributed by atoms with Crippen molar-refractivity contribution < 1.29 is 14.3 Å². The zero-order valence-electron chi connectivity index (χ0n) is 19.0. The number of anilines is 1. The minimum Gasteiger partial charge on any atom is -0.497 e. The first kappa shape index (κ1) is 23.1. The first-order valence-corrected chi connectivity index (χ1v) is 10.6. The number of rotatable bonds is 8. The van der Waals surface area contributed by atoms with Gasteiger partial charge in [0.05, 0.1) is 13.7 Å². The molecule has 8 nitrogen and oxygen atoms in total. The Balaban J connectivity index is 1.53. The van der Waals surface area contributed by atoms with Crippen molar-refractivity contribution in [2.75, 3.05) is 12.4 Å². The van der Waals surface area contributed by atoms with Crippen molar-refractivity contribution in [3.8, 4) is 5.75 Å². The molecule has 1 aliphatic heterocycles. The molecular weight excluding hydrogens is 406 g/mol. The Morgan fingerprint density at radius 1 is 1.19 bits per heavy atom. The van der Waals surface area contributed by atoms with E-state index >= 15 is 0 Å². The molecule has 2 aromatic rings. The van der Waals surface area contributed by atoms with E-state index in [2.05, 4.69) is 29.5 Å². The van der Waals surface area contributed by atoms with Gasteiger partial charge in [0.15, 0.2) is 5.96 Å². The van der Waals surface area contributed by atoms with Crippen molar-refractivity contribution in [2.24, 2.45) is 16.6 Å². The second kappa shape index (κ2) is 9.72. The highest BCUT2D eigenvalue weighted by Crippen LogP contribution is 2.29. The molecule has 0 saturated heterocycles. The van der Waals surface area contributed by atoms with Gasteiger partial charge in [0.25, 0.3) is 5.91 Å². The minimum atomic E-state index is -0.793. The SMILES string of the molecule is COc1cccc(NC(=O)NCc2ccc(CN3C(=O)C(C)(CC(C)C)N=C3N)cc2)c1. The summed E-state index contributed by atoms with van der Waals surface area (Å²) in [6.45, 7) is 6.71. The normalized spacial score (nSPS) is 18.0. The van der Waals surface area contributed by atoms with Gasteiger partial charge in [-0.05, 0) is 42.5 Å². The summed E-state index contributed by atoms with van der Waals surface area (Å²) < 4.78 is 5.15. The number of benzene rings is 2. The summed E-state index contributed by atoms with van der Waals surface area (Å²) in [6, 6.07) is 14.5. The van der Waals surface area contributed by atoms with Crippen molar-refractivity contribution in [1.82, 2.24) is 10.2 Å². The van der Waals surface area contributed by atoms with Gasteiger partial charge in [0.2, 0.25) is 0 Å². The number of aliphatic imine (C=N–C) groups is 1. The first-order valence-electron chi connectivity index (χ1n) is 10.6. The van der Waals surface area contributed by atoms with Crippen LogP contribution in [0.3, 0.4) is 0 Å². The number of carbonyl (C=O) groups is 2. The van der Waals surface area contributed by atoms with Gasteiger partial charge in [-0.2, -0.15) is 0 Å². The highest BCUT2D eigenvalue weighted by molar-refractivity contribution is 6.06. The molecule has 2 aromatic carbocycles. The Hall–Kier alpha value is -3.55. The third-order valence-electron chi connectivity index (χ3n) is 5.29. The monoisotopic (exact) mass is 437 g/mol. The maximum atomic E-state index is 12.9. The quantitative estimate of drug-likeness (QED) is 0.587. The number of nitrogens with one attached hydrogen (secondary N) is 2. The topological polar surface area (TPSA) is 109 Å². The van der Waals surface area contributed by atoms with Crippen LogP contribution in [0.4, 0.5) is 10.5 Å². The fourth-order valence-corrected chi connectivity index (χ4v) is 3.84. The Kier molecular flexibility index (Phi) is 7.02. The lowest BCUT2D eigenvalue weighted by molar-refractivity contribution is -0.131. The number of carbonyl (C=O) groups excluding carboxylic acids is 2. The van der Waals surface area contributed by atoms with E-state index in [0.29, 0.717) is 36.9 Å². The molecule has 3 amide bonds. The number of guanidine groups is 1. The zero-order chi connectivity index (χ0) is 23.3. The summed E-state index contributed by atoms with van der Waals surface area (Å²) in [7, 11) is 1.58. The second-order valence-corrected chi connectivity index (χ2v) is 8.59. The third-order valence-corrected chi connectivity index (χ3v) is 5.29. The second-order valence-electron chi connectivity index (χ2n) is 8.59. The van der Waals surface area contributed by atoms with Crippen LogP contribution >= 0.6 is 0 Å². The molecule has 0 saturated carbocycles. The van der Waals surface area contributed by atoms with Crippen LogP contribution in [0.25, 0.3) is 0 Å². The van der Waals surface area contributed by atoms with Gasteiger partial charge >= 0.3 is 6.03 Å². The molecule has 1 heterocycles. The van der Waals surface area contributed by atoms with E-state index in [9.17, 15) is 9.59 Å². The lowest BCUT2D eigenvalue weighted by Gasteiger charge is -2.23. The molecular formula is C24H31N5O3. The minimum absolute atomic E-state index is 0.0661. The molecule has 0 fully saturated rings. The van der Waals surface area contributed by atoms with Crippen LogP contribution in [0.15, 0.2) is 53.5 Å². The Morgan fingerprint density at radius 2 is 1.88 bits per heavy atom. The van der Waals surface area contributed by atoms with E-state index < -0.39 is 5.54 Å². The molecule has 0 radical (unpaired) electrons. The maximum absolute atomic E-state index is 12.9. The summed E-state index contributed by atoms with van der Waals surface area (Å²) >= 11 is 0. The smallest absolute Gasteiger partial charge is 0.319 e. The molecule has 1 atom stereocenters. The molecule has 0 aliphatic carbocycles. The van der Waals surface area contributed by atoms with E-state index in [4.69, 9.17) is 10.5 Å². The lowest BCUT2D eigenvalue weighted by Crippen LogP contribution is -2.43. The van der Waals surface area contributed by atoms with Crippen molar-refractivity contribution in [2.45, 2.75) is 45.8 Å². The lowest BCUT2D eigenvalue weighted by atomic mass is 9.91. The van der Waals surface area contributed by atoms with Gasteiger partial charge in [0.1, 0.15) is 11.3 Å². The predicted molar refractivity (Wildman–Crippen MR) is 125 cm³/mol. The van der Waals surface area contributed by atoms with E-state index in [-0.39, 0.29) is 17.9 Å². The van der Waals surface area contributed by atoms with Crippen LogP contribution < -0.4 is 21.1 Å². The number of hydrogen-bond acceptors (Lipinski definition) is 5. The largest absolute Gasteiger partial charge is 0.497 e. The van der Waals surface area contributed by atoms with Gasteiger partial charge in [0, 0.05) is 18.3 Å². The molecule has 0 spiro atoms. The van der Waals surface area contributed by atoms with E-state index in [1.165, 1.54) is 4.90 Å². The summed E-state index contributed by atoms with van der Waals surface area (Å²) in [4.78, 5) is 31.0. The first-order chi connectivity index (χ1) is 15.2. The highest BCUT2D eigenvalue weighted by atomic mass is 16.5. The standard InChI is InChI=1S/C24H31N5O3/c1-16(2)13-24(3)21(30)29(22(25)28-24)15-18-10-8-17(9-11-18)14-26-23(31)27-19-6-5-7-20(12-19)32-4/h5-12,16H,13-15H2,1-4H3,(H2,25,28)(H2,26,27,31). The fraction of sp³-hybridized carbons (Fsp3) is 0.375. The zero-order valence-corrected chi connectivity index (χ0v) is 19.0. The summed E-state index contributed by atoms with van der Waals surface area (Å²) in [5.74, 6) is 1.21. The van der Waals surface area contributed by atoms with Crippen LogP contribution in [0.2, 0.25) is 0 Å². The molecule has 8 heteroatoms. The molecule has 1 unspecified atom stereocenters. The maximum Gasteiger partial charge on any atom is 0.319 e. The van der Waals surface area contributed by atoms with Crippen molar-refractivity contribution >= 4 is 23.6 Å². The van der Waals surface area contributed by atoms with Gasteiger partial charge in [-0.1, -0.05) is 44.2 Å². The average Bonchev–Trinajstić information content (AvgIpc) is 2.95. The predicted octanol–water partition coefficient (Wildman–Crippen LogP) is 3.48. The summed E-state index contributed by atoms with van der Waals surface area (Å²) in [5, 5.41) is 5.60. The molecule has 3 rings (SSSR count). The molecule has 4 N–H and O–H groups in total. The van der Waals surface area contributed by atoms with E-state index in [0.717, 1.165) is 11.1 Å². The molecule has 0 aromatic heterocycles. The van der Waals surface area contributed by atoms with E-state index in [1.54, 1.807) is 25.3 Å². The number of methoxy groups -OCH3 is 1. The summed E-state index contributed by atoms with van der Waals surface area (Å²) in [5.41, 5.74) is 7.79. The number of urea groups is 1. The van der Waals surface area contributed by atoms with Gasteiger partial charge in [-0.25, -0.2) is 9.79 Å². The Bertz CT molecular complexity index is 1000. The van der Waals surface area contributed by atoms with Crippen LogP contribution in [-0.2, 0) is 17.9 Å². The van der Waals surface area contributed by atoms with Gasteiger partial charge < -0.3 is 21.1 Å². The van der Waals surface area contributed by atoms with Crippen LogP contribution in [0, 0.1) is 5.92 Å². The molecule has 170 valence electrons. The number of hydrogen-bond donors (Lipinski definition) is 3. The Morgan fingerprint density at radius 3 is 2.53 bits per heavy atom. The fourth-order valence-electron chi connectivity index (χ4n) is 3.84. The molecule has 1 aliphatic rings. The summed E-state index contributed by atoms with van der Waals surface area (Å²) in [6.07, 6.45) is 0.658. The van der Waals surface area contributed by atoms with Gasteiger partial charge in [-0.3, -0.25) is 9.69 Å². The number of nitrogens with two attached hydrogens (primary N) is 1. The average molecular weight is 438 g/mol. The van der Waals surface area contributed by atoms with Crippen LogP contribution in [-0.4, -0.2) is 35.4 Å². The van der Waals surface area contributed by atoms with Crippen LogP contribution in [0.5, 0.6) is 5.75 Å². The number of nitrogens with zero attached hydrogens (tertiary/aromatic N) is 2. The van der Waals surface area contributed by atoms with Crippen molar-refractivity contribution in [3.63, 3.8) is 0 Å². The van der Waals surface area contributed by atoms with Gasteiger partial charge in [-0.15, -0.1) is 0 Å². The number of amides is 3. The number of ether oxygens (including phenoxy) is 1. The van der Waals surface area contributed by atoms with E-state index in [1.807, 2.05) is 37.3 Å². The third kappa shape index (κ3) is 5.57. The Labute approximate surface area is 188 Å².